The van der Waals surface area contributed by atoms with Crippen molar-refractivity contribution in [2.24, 2.45) is 0 Å². The van der Waals surface area contributed by atoms with Gasteiger partial charge < -0.3 is 20.1 Å². The van der Waals surface area contributed by atoms with Crippen molar-refractivity contribution in [3.8, 4) is 22.4 Å². The predicted molar refractivity (Wildman–Crippen MR) is 148 cm³/mol. The maximum absolute atomic E-state index is 12.3. The van der Waals surface area contributed by atoms with Crippen molar-refractivity contribution in [1.82, 2.24) is 30.2 Å². The van der Waals surface area contributed by atoms with Gasteiger partial charge in [-0.3, -0.25) is 10.3 Å². The van der Waals surface area contributed by atoms with E-state index in [2.05, 4.69) is 30.6 Å². The van der Waals surface area contributed by atoms with Crippen LogP contribution in [0.15, 0.2) is 48.9 Å². The maximum Gasteiger partial charge on any atom is 0.410 e. The van der Waals surface area contributed by atoms with Gasteiger partial charge in [0.25, 0.3) is 0 Å². The average molecular weight is 548 g/mol. The second kappa shape index (κ2) is 10.2. The molecule has 4 heterocycles. The number of hydrogen-bond acceptors (Lipinski definition) is 9. The van der Waals surface area contributed by atoms with Gasteiger partial charge in [0.1, 0.15) is 5.60 Å². The molecule has 0 radical (unpaired) electrons. The van der Waals surface area contributed by atoms with Crippen LogP contribution in [0.25, 0.3) is 32.6 Å². The second-order valence-electron chi connectivity index (χ2n) is 10.3. The van der Waals surface area contributed by atoms with Gasteiger partial charge in [-0.05, 0) is 57.5 Å². The number of benzene rings is 1. The monoisotopic (exact) mass is 547 g/mol. The number of ether oxygens (including phenoxy) is 1. The van der Waals surface area contributed by atoms with Crippen LogP contribution in [0.2, 0.25) is 0 Å². The number of nitrogens with one attached hydrogen (secondary N) is 2. The van der Waals surface area contributed by atoms with Crippen LogP contribution in [0.5, 0.6) is 0 Å². The summed E-state index contributed by atoms with van der Waals surface area (Å²) >= 11 is 1.37. The van der Waals surface area contributed by atoms with Gasteiger partial charge in [-0.25, -0.2) is 24.5 Å². The standard InChI is InChI=1S/C27H29N7O4S/c1-5-28-23(35)33-24-32-20-11-16(10-18(21(20)39-24)19-8-6-7-9-29-19)17-12-30-22(31-13-17)27(37)14-34(15-27)25(36)38-26(2,3)4/h6-13,37H,5,14-15H2,1-4H3,(H2,28,32,33,35). The van der Waals surface area contributed by atoms with Crippen molar-refractivity contribution < 1.29 is 19.4 Å². The van der Waals surface area contributed by atoms with Crippen LogP contribution >= 0.6 is 11.3 Å². The average Bonchev–Trinajstić information content (AvgIpc) is 3.28. The Morgan fingerprint density at radius 1 is 1.13 bits per heavy atom. The van der Waals surface area contributed by atoms with E-state index >= 15 is 0 Å². The van der Waals surface area contributed by atoms with E-state index in [0.717, 1.165) is 27.1 Å². The molecule has 39 heavy (non-hydrogen) atoms. The molecule has 3 N–H and O–H groups in total. The number of rotatable bonds is 5. The first-order valence-electron chi connectivity index (χ1n) is 12.5. The van der Waals surface area contributed by atoms with Gasteiger partial charge in [-0.1, -0.05) is 17.4 Å². The van der Waals surface area contributed by atoms with Gasteiger partial charge >= 0.3 is 12.1 Å². The van der Waals surface area contributed by atoms with Crippen molar-refractivity contribution in [2.75, 3.05) is 25.0 Å². The lowest BCUT2D eigenvalue weighted by molar-refractivity contribution is -0.108. The zero-order valence-corrected chi connectivity index (χ0v) is 22.9. The third-order valence-corrected chi connectivity index (χ3v) is 6.97. The molecule has 0 bridgehead atoms. The number of amides is 3. The summed E-state index contributed by atoms with van der Waals surface area (Å²) in [5, 5.41) is 16.9. The highest BCUT2D eigenvalue weighted by Crippen LogP contribution is 2.38. The van der Waals surface area contributed by atoms with Crippen LogP contribution in [0.3, 0.4) is 0 Å². The number of aliphatic hydroxyl groups is 1. The van der Waals surface area contributed by atoms with E-state index in [0.29, 0.717) is 17.2 Å². The number of carbonyl (C=O) groups is 2. The predicted octanol–water partition coefficient (Wildman–Crippen LogP) is 4.40. The molecule has 4 aromatic rings. The molecule has 1 aliphatic heterocycles. The number of hydrogen-bond donors (Lipinski definition) is 3. The summed E-state index contributed by atoms with van der Waals surface area (Å²) in [6.07, 6.45) is 4.52. The van der Waals surface area contributed by atoms with Crippen LogP contribution in [0, 0.1) is 0 Å². The largest absolute Gasteiger partial charge is 0.444 e. The van der Waals surface area contributed by atoms with E-state index in [1.54, 1.807) is 39.4 Å². The number of carbonyl (C=O) groups excluding carboxylic acids is 2. The van der Waals surface area contributed by atoms with E-state index in [9.17, 15) is 14.7 Å². The number of pyridine rings is 1. The Morgan fingerprint density at radius 2 is 1.87 bits per heavy atom. The molecule has 0 saturated carbocycles. The molecule has 0 atom stereocenters. The molecule has 5 rings (SSSR count). The van der Waals surface area contributed by atoms with Crippen molar-refractivity contribution in [2.45, 2.75) is 38.9 Å². The summed E-state index contributed by atoms with van der Waals surface area (Å²) in [7, 11) is 0. The van der Waals surface area contributed by atoms with Gasteiger partial charge in [0.15, 0.2) is 16.6 Å². The van der Waals surface area contributed by atoms with Crippen LogP contribution < -0.4 is 10.6 Å². The Hall–Kier alpha value is -4.16. The minimum Gasteiger partial charge on any atom is -0.444 e. The number of anilines is 1. The molecule has 1 saturated heterocycles. The Kier molecular flexibility index (Phi) is 6.91. The molecule has 202 valence electrons. The molecule has 0 spiro atoms. The number of likely N-dealkylation sites (tertiary alicyclic amines) is 1. The molecule has 3 amide bonds. The van der Waals surface area contributed by atoms with Gasteiger partial charge in [0, 0.05) is 36.3 Å². The smallest absolute Gasteiger partial charge is 0.410 e. The first kappa shape index (κ1) is 26.4. The first-order valence-corrected chi connectivity index (χ1v) is 13.3. The molecule has 12 heteroatoms. The van der Waals surface area contributed by atoms with Crippen LogP contribution in [0.1, 0.15) is 33.5 Å². The SMILES string of the molecule is CCNC(=O)Nc1nc2cc(-c3cnc(C4(O)CN(C(=O)OC(C)(C)C)C4)nc3)cc(-c3ccccn3)c2s1. The van der Waals surface area contributed by atoms with Crippen LogP contribution in [0.4, 0.5) is 14.7 Å². The minimum absolute atomic E-state index is 0.0528. The molecule has 1 aliphatic rings. The lowest BCUT2D eigenvalue weighted by Crippen LogP contribution is -2.62. The summed E-state index contributed by atoms with van der Waals surface area (Å²) < 4.78 is 6.25. The first-order chi connectivity index (χ1) is 18.5. The Bertz CT molecular complexity index is 1510. The van der Waals surface area contributed by atoms with Crippen molar-refractivity contribution in [3.63, 3.8) is 0 Å². The zero-order valence-electron chi connectivity index (χ0n) is 22.1. The van der Waals surface area contributed by atoms with Gasteiger partial charge in [-0.15, -0.1) is 0 Å². The Balaban J connectivity index is 1.43. The van der Waals surface area contributed by atoms with Crippen LogP contribution in [-0.2, 0) is 10.3 Å². The number of nitrogens with zero attached hydrogens (tertiary/aromatic N) is 5. The number of fused-ring (bicyclic) bond motifs is 1. The Labute approximate surface area is 229 Å². The lowest BCUT2D eigenvalue weighted by Gasteiger charge is -2.45. The van der Waals surface area contributed by atoms with E-state index in [1.165, 1.54) is 16.2 Å². The fourth-order valence-electron chi connectivity index (χ4n) is 4.17. The summed E-state index contributed by atoms with van der Waals surface area (Å²) in [5.41, 5.74) is 1.89. The van der Waals surface area contributed by atoms with Crippen LogP contribution in [-0.4, -0.2) is 67.3 Å². The summed E-state index contributed by atoms with van der Waals surface area (Å²) in [4.78, 5) is 43.7. The third-order valence-electron chi connectivity index (χ3n) is 5.95. The van der Waals surface area contributed by atoms with E-state index in [1.807, 2.05) is 37.3 Å². The van der Waals surface area contributed by atoms with E-state index in [4.69, 9.17) is 4.74 Å². The molecule has 0 unspecified atom stereocenters. The summed E-state index contributed by atoms with van der Waals surface area (Å²) in [6, 6.07) is 9.24. The molecule has 1 fully saturated rings. The highest BCUT2D eigenvalue weighted by atomic mass is 32.1. The summed E-state index contributed by atoms with van der Waals surface area (Å²) in [6.45, 7) is 7.83. The molecule has 1 aromatic carbocycles. The van der Waals surface area contributed by atoms with Crippen molar-refractivity contribution in [1.29, 1.82) is 0 Å². The topological polar surface area (TPSA) is 142 Å². The molecule has 3 aromatic heterocycles. The molecule has 0 aliphatic carbocycles. The fraction of sp³-hybridized carbons (Fsp3) is 0.333. The van der Waals surface area contributed by atoms with Gasteiger partial charge in [-0.2, -0.15) is 0 Å². The number of β-amino-alcohol motifs (C(OH)–C–C–N with tert-alkyl or cyclic N) is 1. The van der Waals surface area contributed by atoms with Crippen molar-refractivity contribution in [3.05, 3.63) is 54.7 Å². The van der Waals surface area contributed by atoms with Gasteiger partial charge in [0.2, 0.25) is 0 Å². The lowest BCUT2D eigenvalue weighted by atomic mass is 9.93. The van der Waals surface area contributed by atoms with E-state index in [-0.39, 0.29) is 24.9 Å². The van der Waals surface area contributed by atoms with E-state index < -0.39 is 17.3 Å². The molecule has 11 nitrogen and oxygen atoms in total. The number of aromatic nitrogens is 4. The quantitative estimate of drug-likeness (QED) is 0.334. The highest BCUT2D eigenvalue weighted by Gasteiger charge is 2.48. The Morgan fingerprint density at radius 3 is 2.51 bits per heavy atom. The zero-order chi connectivity index (χ0) is 27.8. The second-order valence-corrected chi connectivity index (χ2v) is 11.3. The summed E-state index contributed by atoms with van der Waals surface area (Å²) in [5.74, 6) is 0.235. The number of thiazole rings is 1. The molecular weight excluding hydrogens is 518 g/mol. The van der Waals surface area contributed by atoms with Crippen molar-refractivity contribution >= 4 is 38.8 Å². The minimum atomic E-state index is -1.34. The number of urea groups is 1. The fourth-order valence-corrected chi connectivity index (χ4v) is 5.13. The normalized spacial score (nSPS) is 14.5. The third kappa shape index (κ3) is 5.66. The van der Waals surface area contributed by atoms with Gasteiger partial charge in [0.05, 0.1) is 29.0 Å². The maximum atomic E-state index is 12.3. The highest BCUT2D eigenvalue weighted by molar-refractivity contribution is 7.22. The molecular formula is C27H29N7O4S.